The number of benzene rings is 1. The summed E-state index contributed by atoms with van der Waals surface area (Å²) >= 11 is 9.10. The van der Waals surface area contributed by atoms with Gasteiger partial charge in [-0.15, -0.1) is 23.1 Å². The van der Waals surface area contributed by atoms with Gasteiger partial charge in [0, 0.05) is 38.3 Å². The highest BCUT2D eigenvalue weighted by Gasteiger charge is 2.56. The molecule has 0 spiro atoms. The van der Waals surface area contributed by atoms with E-state index in [1.165, 1.54) is 35.1 Å². The van der Waals surface area contributed by atoms with Crippen molar-refractivity contribution in [3.05, 3.63) is 34.2 Å². The Morgan fingerprint density at radius 2 is 2.20 bits per heavy atom. The molecule has 4 rings (SSSR count). The Kier molecular flexibility index (Phi) is 5.41. The number of carbonyl (C=O) groups excluding carboxylic acids is 2. The van der Waals surface area contributed by atoms with Gasteiger partial charge in [-0.1, -0.05) is 22.8 Å². The van der Waals surface area contributed by atoms with Gasteiger partial charge >= 0.3 is 5.97 Å². The Labute approximate surface area is 185 Å². The molecule has 2 N–H and O–H groups in total. The van der Waals surface area contributed by atoms with E-state index >= 15 is 0 Å². The highest BCUT2D eigenvalue weighted by Crippen LogP contribution is 2.42. The predicted octanol–water partition coefficient (Wildman–Crippen LogP) is 2.40. The second kappa shape index (κ2) is 7.75. The first-order valence-corrected chi connectivity index (χ1v) is 11.3. The summed E-state index contributed by atoms with van der Waals surface area (Å²) in [7, 11) is 1.34. The summed E-state index contributed by atoms with van der Waals surface area (Å²) in [5, 5.41) is 18.7. The minimum atomic E-state index is -0.999. The number of carbonyl (C=O) groups is 3. The highest BCUT2D eigenvalue weighted by atomic mass is 35.5. The highest BCUT2D eigenvalue weighted by molar-refractivity contribution is 8.00. The zero-order valence-electron chi connectivity index (χ0n) is 16.0. The number of carboxylic acids is 1. The number of thiophene rings is 1. The van der Waals surface area contributed by atoms with Crippen LogP contribution in [0.3, 0.4) is 0 Å². The van der Waals surface area contributed by atoms with Crippen LogP contribution in [-0.4, -0.2) is 64.3 Å². The summed E-state index contributed by atoms with van der Waals surface area (Å²) in [6.07, 6.45) is 0. The number of amides is 2. The van der Waals surface area contributed by atoms with Crippen LogP contribution >= 0.6 is 34.7 Å². The molecule has 2 aliphatic rings. The molecule has 3 atom stereocenters. The topological polar surface area (TPSA) is 108 Å². The predicted molar refractivity (Wildman–Crippen MR) is 116 cm³/mol. The molecule has 1 aromatic heterocycles. The molecule has 0 aliphatic carbocycles. The van der Waals surface area contributed by atoms with E-state index < -0.39 is 23.3 Å². The molecule has 8 nitrogen and oxygen atoms in total. The van der Waals surface area contributed by atoms with Crippen LogP contribution in [0.15, 0.2) is 28.7 Å². The molecule has 158 valence electrons. The van der Waals surface area contributed by atoms with Gasteiger partial charge in [-0.2, -0.15) is 0 Å². The Morgan fingerprint density at radius 3 is 2.90 bits per heavy atom. The van der Waals surface area contributed by atoms with Crippen molar-refractivity contribution >= 4 is 68.3 Å². The van der Waals surface area contributed by atoms with Crippen LogP contribution in [0, 0.1) is 5.41 Å². The van der Waals surface area contributed by atoms with E-state index in [4.69, 9.17) is 16.4 Å². The zero-order valence-corrected chi connectivity index (χ0v) is 18.4. The Hall–Kier alpha value is -2.30. The van der Waals surface area contributed by atoms with Crippen molar-refractivity contribution in [3.63, 3.8) is 0 Å². The summed E-state index contributed by atoms with van der Waals surface area (Å²) in [5.41, 5.74) is -0.446. The summed E-state index contributed by atoms with van der Waals surface area (Å²) < 4.78 is 0.899. The van der Waals surface area contributed by atoms with Crippen molar-refractivity contribution in [2.24, 2.45) is 10.6 Å². The van der Waals surface area contributed by atoms with E-state index in [2.05, 4.69) is 10.5 Å². The van der Waals surface area contributed by atoms with Crippen LogP contribution in [0.1, 0.15) is 12.5 Å². The van der Waals surface area contributed by atoms with Gasteiger partial charge in [-0.25, -0.2) is 0 Å². The molecule has 0 saturated carbocycles. The number of hydrogen-bond donors (Lipinski definition) is 2. The van der Waals surface area contributed by atoms with Gasteiger partial charge in [0.25, 0.3) is 5.91 Å². The fraction of sp³-hybridized carbons (Fsp3) is 0.368. The van der Waals surface area contributed by atoms with Crippen LogP contribution in [0.2, 0.25) is 5.02 Å². The first-order valence-electron chi connectivity index (χ1n) is 9.00. The maximum Gasteiger partial charge on any atom is 0.312 e. The fourth-order valence-electron chi connectivity index (χ4n) is 3.56. The molecule has 2 saturated heterocycles. The lowest BCUT2D eigenvalue weighted by molar-refractivity contribution is -0.157. The van der Waals surface area contributed by atoms with Crippen LogP contribution in [0.5, 0.6) is 0 Å². The van der Waals surface area contributed by atoms with E-state index in [1.54, 1.807) is 18.4 Å². The van der Waals surface area contributed by atoms with Crippen LogP contribution in [0.4, 0.5) is 0 Å². The monoisotopic (exact) mass is 467 g/mol. The van der Waals surface area contributed by atoms with Gasteiger partial charge in [0.15, 0.2) is 5.71 Å². The van der Waals surface area contributed by atoms with Gasteiger partial charge < -0.3 is 20.2 Å². The molecule has 2 fully saturated rings. The number of β-lactam (4-membered cyclic amide) rings is 1. The lowest BCUT2D eigenvalue weighted by atomic mass is 9.89. The quantitative estimate of drug-likeness (QED) is 0.397. The van der Waals surface area contributed by atoms with E-state index in [0.29, 0.717) is 21.7 Å². The number of thioether (sulfide) groups is 1. The van der Waals surface area contributed by atoms with Crippen molar-refractivity contribution in [1.29, 1.82) is 0 Å². The molecule has 2 aromatic rings. The normalized spacial score (nSPS) is 26.2. The number of nitrogens with zero attached hydrogens (tertiary/aromatic N) is 2. The van der Waals surface area contributed by atoms with E-state index in [0.717, 1.165) is 4.70 Å². The molecule has 11 heteroatoms. The van der Waals surface area contributed by atoms with Crippen molar-refractivity contribution in [2.75, 3.05) is 19.4 Å². The van der Waals surface area contributed by atoms with Crippen molar-refractivity contribution in [2.45, 2.75) is 18.3 Å². The van der Waals surface area contributed by atoms with Gasteiger partial charge in [0.2, 0.25) is 5.91 Å². The lowest BCUT2D eigenvalue weighted by Crippen LogP contribution is -2.73. The van der Waals surface area contributed by atoms with Crippen LogP contribution in [-0.2, 0) is 19.2 Å². The molecule has 2 amide bonds. The number of nitrogens with one attached hydrogen (secondary N) is 1. The van der Waals surface area contributed by atoms with Gasteiger partial charge in [-0.05, 0) is 19.1 Å². The summed E-state index contributed by atoms with van der Waals surface area (Å²) in [5.74, 6) is -1.45. The van der Waals surface area contributed by atoms with E-state index in [9.17, 15) is 19.5 Å². The standard InChI is InChI=1S/C19H18ClN3O5S2/c1-19(18(26)27)7-23-16(25)14(17(23)30-8-19)21-15(24)13(22-28-2)9-6-29-11-5-3-4-10(20)12(9)11/h3-6,14,17H,7-8H2,1-2H3,(H,21,24)(H,26,27)/t14?,17-,19?/m1/s1. The number of carboxylic acid groups (broad SMARTS) is 1. The van der Waals surface area contributed by atoms with Crippen molar-refractivity contribution in [3.8, 4) is 0 Å². The fourth-order valence-corrected chi connectivity index (χ4v) is 6.35. The zero-order chi connectivity index (χ0) is 21.6. The second-order valence-corrected chi connectivity index (χ2v) is 9.79. The molecule has 0 bridgehead atoms. The molecule has 30 heavy (non-hydrogen) atoms. The summed E-state index contributed by atoms with van der Waals surface area (Å²) in [4.78, 5) is 43.5. The first kappa shape index (κ1) is 21.0. The molecule has 3 heterocycles. The first-order chi connectivity index (χ1) is 14.3. The third kappa shape index (κ3) is 3.32. The second-order valence-electron chi connectivity index (χ2n) is 7.37. The maximum absolute atomic E-state index is 13.0. The third-order valence-electron chi connectivity index (χ3n) is 5.24. The molecule has 2 aliphatic heterocycles. The molecular formula is C19H18ClN3O5S2. The lowest BCUT2D eigenvalue weighted by Gasteiger charge is -2.53. The number of rotatable bonds is 5. The largest absolute Gasteiger partial charge is 0.481 e. The smallest absolute Gasteiger partial charge is 0.312 e. The maximum atomic E-state index is 13.0. The van der Waals surface area contributed by atoms with Crippen molar-refractivity contribution in [1.82, 2.24) is 10.2 Å². The Bertz CT molecular complexity index is 1090. The van der Waals surface area contributed by atoms with Gasteiger partial charge in [-0.3, -0.25) is 14.4 Å². The number of aliphatic carboxylic acids is 1. The SMILES string of the molecule is CON=C(C(=O)NC1C(=O)N2CC(C)(C(=O)O)CS[C@H]12)c1csc2cccc(Cl)c12. The molecule has 1 aromatic carbocycles. The minimum absolute atomic E-state index is 0.0271. The Morgan fingerprint density at radius 1 is 1.43 bits per heavy atom. The third-order valence-corrected chi connectivity index (χ3v) is 8.17. The van der Waals surface area contributed by atoms with Crippen LogP contribution < -0.4 is 5.32 Å². The minimum Gasteiger partial charge on any atom is -0.481 e. The average Bonchev–Trinajstić information content (AvgIpc) is 3.15. The number of fused-ring (bicyclic) bond motifs is 2. The molecule has 2 unspecified atom stereocenters. The number of halogens is 1. The van der Waals surface area contributed by atoms with E-state index in [-0.39, 0.29) is 23.5 Å². The average molecular weight is 468 g/mol. The summed E-state index contributed by atoms with van der Waals surface area (Å²) in [6.45, 7) is 1.74. The molecule has 0 radical (unpaired) electrons. The van der Waals surface area contributed by atoms with Gasteiger partial charge in [0.05, 0.1) is 5.41 Å². The number of oxime groups is 1. The van der Waals surface area contributed by atoms with Gasteiger partial charge in [0.1, 0.15) is 18.5 Å². The van der Waals surface area contributed by atoms with Crippen LogP contribution in [0.25, 0.3) is 10.1 Å². The van der Waals surface area contributed by atoms with Crippen molar-refractivity contribution < 1.29 is 24.3 Å². The molecular weight excluding hydrogens is 450 g/mol. The number of hydrogen-bond acceptors (Lipinski definition) is 7. The summed E-state index contributed by atoms with van der Waals surface area (Å²) in [6, 6.07) is 4.70. The Balaban J connectivity index is 1.55. The van der Waals surface area contributed by atoms with E-state index in [1.807, 2.05) is 12.1 Å².